The van der Waals surface area contributed by atoms with Crippen LogP contribution in [0.2, 0.25) is 5.02 Å². The Hall–Kier alpha value is -2.37. The molecule has 0 saturated carbocycles. The fourth-order valence-corrected chi connectivity index (χ4v) is 4.17. The Labute approximate surface area is 175 Å². The van der Waals surface area contributed by atoms with Gasteiger partial charge in [-0.2, -0.15) is 5.10 Å². The van der Waals surface area contributed by atoms with Gasteiger partial charge in [-0.1, -0.05) is 51.8 Å². The Balaban J connectivity index is 1.59. The van der Waals surface area contributed by atoms with Gasteiger partial charge in [-0.25, -0.2) is 9.40 Å². The van der Waals surface area contributed by atoms with Crippen LogP contribution in [0.4, 0.5) is 4.39 Å². The van der Waals surface area contributed by atoms with Crippen LogP contribution < -0.4 is 4.74 Å². The minimum Gasteiger partial charge on any atom is -0.464 e. The van der Waals surface area contributed by atoms with E-state index in [2.05, 4.69) is 15.9 Å². The summed E-state index contributed by atoms with van der Waals surface area (Å²) in [5.74, 6) is 0.558. The van der Waals surface area contributed by atoms with Crippen molar-refractivity contribution in [2.24, 2.45) is 5.10 Å². The summed E-state index contributed by atoms with van der Waals surface area (Å²) >= 11 is 9.73. The number of rotatable bonds is 2. The molecule has 2 heterocycles. The third-order valence-electron chi connectivity index (χ3n) is 5.08. The third-order valence-corrected chi connectivity index (χ3v) is 5.85. The first-order valence-electron chi connectivity index (χ1n) is 8.92. The van der Waals surface area contributed by atoms with E-state index in [1.165, 1.54) is 12.1 Å². The molecule has 0 spiro atoms. The predicted molar refractivity (Wildman–Crippen MR) is 111 cm³/mol. The molecule has 0 bridgehead atoms. The molecule has 3 aromatic carbocycles. The lowest BCUT2D eigenvalue weighted by atomic mass is 9.96. The van der Waals surface area contributed by atoms with Crippen molar-refractivity contribution >= 4 is 33.2 Å². The molecule has 2 aliphatic rings. The Morgan fingerprint density at radius 2 is 1.79 bits per heavy atom. The van der Waals surface area contributed by atoms with Crippen LogP contribution in [-0.4, -0.2) is 10.7 Å². The fraction of sp³-hybridized carbons (Fsp3) is 0.136. The van der Waals surface area contributed by atoms with Crippen LogP contribution in [0.1, 0.15) is 35.4 Å². The van der Waals surface area contributed by atoms with E-state index in [-0.39, 0.29) is 18.1 Å². The lowest BCUT2D eigenvalue weighted by molar-refractivity contribution is -0.0190. The van der Waals surface area contributed by atoms with Crippen molar-refractivity contribution in [2.75, 3.05) is 0 Å². The zero-order valence-corrected chi connectivity index (χ0v) is 17.0. The van der Waals surface area contributed by atoms with Gasteiger partial charge in [-0.3, -0.25) is 0 Å². The van der Waals surface area contributed by atoms with Gasteiger partial charge in [-0.05, 0) is 48.0 Å². The molecule has 0 aromatic heterocycles. The van der Waals surface area contributed by atoms with Crippen LogP contribution in [0.3, 0.4) is 0 Å². The van der Waals surface area contributed by atoms with Gasteiger partial charge >= 0.3 is 0 Å². The van der Waals surface area contributed by atoms with Crippen molar-refractivity contribution in [1.82, 2.24) is 5.01 Å². The first kappa shape index (κ1) is 17.7. The molecule has 28 heavy (non-hydrogen) atoms. The van der Waals surface area contributed by atoms with Crippen molar-refractivity contribution in [3.8, 4) is 5.75 Å². The predicted octanol–water partition coefficient (Wildman–Crippen LogP) is 6.48. The minimum absolute atomic E-state index is 0.0103. The Kier molecular flexibility index (Phi) is 4.37. The molecule has 3 nitrogen and oxygen atoms in total. The Morgan fingerprint density at radius 1 is 1.04 bits per heavy atom. The quantitative estimate of drug-likeness (QED) is 0.440. The van der Waals surface area contributed by atoms with E-state index in [9.17, 15) is 4.39 Å². The molecular formula is C22H15BrClFN2O. The molecule has 0 radical (unpaired) electrons. The fourth-order valence-electron chi connectivity index (χ4n) is 3.72. The van der Waals surface area contributed by atoms with E-state index >= 15 is 0 Å². The molecule has 0 aliphatic carbocycles. The summed E-state index contributed by atoms with van der Waals surface area (Å²) in [6, 6.07) is 20.2. The van der Waals surface area contributed by atoms with Crippen molar-refractivity contribution in [3.05, 3.63) is 98.7 Å². The van der Waals surface area contributed by atoms with Crippen molar-refractivity contribution in [1.29, 1.82) is 0 Å². The van der Waals surface area contributed by atoms with Crippen LogP contribution in [0.5, 0.6) is 5.75 Å². The molecule has 6 heteroatoms. The smallest absolute Gasteiger partial charge is 0.213 e. The number of fused-ring (bicyclic) bond motifs is 3. The highest BCUT2D eigenvalue weighted by Gasteiger charge is 2.41. The molecule has 5 rings (SSSR count). The highest BCUT2D eigenvalue weighted by Crippen LogP contribution is 2.48. The third kappa shape index (κ3) is 3.09. The Morgan fingerprint density at radius 3 is 2.54 bits per heavy atom. The largest absolute Gasteiger partial charge is 0.464 e. The molecule has 3 aromatic rings. The molecule has 2 atom stereocenters. The maximum Gasteiger partial charge on any atom is 0.213 e. The van der Waals surface area contributed by atoms with Crippen LogP contribution in [0.25, 0.3) is 0 Å². The number of ether oxygens (including phenoxy) is 1. The summed E-state index contributed by atoms with van der Waals surface area (Å²) in [6.07, 6.45) is 0.361. The van der Waals surface area contributed by atoms with Gasteiger partial charge < -0.3 is 4.74 Å². The number of nitrogens with zero attached hydrogens (tertiary/aromatic N) is 2. The second-order valence-corrected chi connectivity index (χ2v) is 8.21. The van der Waals surface area contributed by atoms with Gasteiger partial charge in [0.25, 0.3) is 0 Å². The van der Waals surface area contributed by atoms with Crippen LogP contribution in [-0.2, 0) is 0 Å². The van der Waals surface area contributed by atoms with E-state index in [4.69, 9.17) is 21.4 Å². The molecule has 0 N–H and O–H groups in total. The summed E-state index contributed by atoms with van der Waals surface area (Å²) in [7, 11) is 0. The van der Waals surface area contributed by atoms with Gasteiger partial charge in [0.15, 0.2) is 0 Å². The maximum atomic E-state index is 13.3. The van der Waals surface area contributed by atoms with Crippen molar-refractivity contribution < 1.29 is 9.13 Å². The van der Waals surface area contributed by atoms with E-state index in [0.717, 1.165) is 32.6 Å². The standard InChI is InChI=1S/C22H15BrClFN2O/c23-15-5-1-14(2-6-15)22-27-20(18-11-16(24)7-10-21(18)28-22)12-19(26-27)13-3-8-17(25)9-4-13/h1-11,20,22H,12H2/t20-,22+/m1/s1. The van der Waals surface area contributed by atoms with Gasteiger partial charge in [0, 0.05) is 27.0 Å². The average molecular weight is 458 g/mol. The molecule has 0 saturated heterocycles. The monoisotopic (exact) mass is 456 g/mol. The van der Waals surface area contributed by atoms with Crippen LogP contribution in [0, 0.1) is 5.82 Å². The van der Waals surface area contributed by atoms with E-state index in [1.54, 1.807) is 12.1 Å². The molecule has 140 valence electrons. The van der Waals surface area contributed by atoms with Crippen molar-refractivity contribution in [2.45, 2.75) is 18.7 Å². The summed E-state index contributed by atoms with van der Waals surface area (Å²) in [5.41, 5.74) is 3.84. The highest BCUT2D eigenvalue weighted by atomic mass is 79.9. The van der Waals surface area contributed by atoms with Gasteiger partial charge in [0.2, 0.25) is 6.23 Å². The zero-order chi connectivity index (χ0) is 19.3. The molecule has 0 amide bonds. The Bertz CT molecular complexity index is 1070. The van der Waals surface area contributed by atoms with Gasteiger partial charge in [0.1, 0.15) is 11.6 Å². The lowest BCUT2D eigenvalue weighted by Crippen LogP contribution is -2.33. The first-order valence-corrected chi connectivity index (χ1v) is 10.1. The summed E-state index contributed by atoms with van der Waals surface area (Å²) in [6.45, 7) is 0. The van der Waals surface area contributed by atoms with Gasteiger partial charge in [-0.15, -0.1) is 0 Å². The lowest BCUT2D eigenvalue weighted by Gasteiger charge is -2.38. The molecule has 0 unspecified atom stereocenters. The number of benzene rings is 3. The van der Waals surface area contributed by atoms with E-state index in [0.29, 0.717) is 11.4 Å². The second-order valence-electron chi connectivity index (χ2n) is 6.86. The first-order chi connectivity index (χ1) is 13.6. The van der Waals surface area contributed by atoms with E-state index < -0.39 is 0 Å². The number of hydrazone groups is 1. The number of hydrogen-bond donors (Lipinski definition) is 0. The summed E-state index contributed by atoms with van der Waals surface area (Å²) in [5, 5.41) is 7.52. The zero-order valence-electron chi connectivity index (χ0n) is 14.6. The number of halogens is 3. The maximum absolute atomic E-state index is 13.3. The van der Waals surface area contributed by atoms with E-state index in [1.807, 2.05) is 47.5 Å². The molecule has 2 aliphatic heterocycles. The average Bonchev–Trinajstić information content (AvgIpc) is 3.14. The normalized spacial score (nSPS) is 20.2. The number of hydrogen-bond acceptors (Lipinski definition) is 3. The van der Waals surface area contributed by atoms with Crippen LogP contribution in [0.15, 0.2) is 76.3 Å². The second kappa shape index (κ2) is 6.90. The van der Waals surface area contributed by atoms with Crippen molar-refractivity contribution in [3.63, 3.8) is 0 Å². The SMILES string of the molecule is Fc1ccc(C2=NN3[C@H](C2)c2cc(Cl)ccc2O[C@H]3c2ccc(Br)cc2)cc1. The minimum atomic E-state index is -0.343. The summed E-state index contributed by atoms with van der Waals surface area (Å²) in [4.78, 5) is 0. The molecular weight excluding hydrogens is 443 g/mol. The highest BCUT2D eigenvalue weighted by molar-refractivity contribution is 9.10. The topological polar surface area (TPSA) is 24.8 Å². The van der Waals surface area contributed by atoms with Crippen LogP contribution >= 0.6 is 27.5 Å². The molecule has 0 fully saturated rings. The van der Waals surface area contributed by atoms with Gasteiger partial charge in [0.05, 0.1) is 11.8 Å². The summed E-state index contributed by atoms with van der Waals surface area (Å²) < 4.78 is 20.7.